The second-order valence-electron chi connectivity index (χ2n) is 3.77. The number of nitrogens with one attached hydrogen (secondary N) is 2. The van der Waals surface area contributed by atoms with Crippen molar-refractivity contribution in [2.24, 2.45) is 0 Å². The minimum absolute atomic E-state index is 0.163. The van der Waals surface area contributed by atoms with E-state index in [-0.39, 0.29) is 22.9 Å². The van der Waals surface area contributed by atoms with Gasteiger partial charge in [-0.05, 0) is 12.1 Å². The fourth-order valence-corrected chi connectivity index (χ4v) is 1.66. The normalized spacial score (nSPS) is 10.6. The molecular formula is C12H8FN5O. The Morgan fingerprint density at radius 3 is 2.79 bits per heavy atom. The highest BCUT2D eigenvalue weighted by Gasteiger charge is 2.12. The van der Waals surface area contributed by atoms with Crippen LogP contribution >= 0.6 is 0 Å². The molecule has 2 heterocycles. The van der Waals surface area contributed by atoms with Crippen molar-refractivity contribution in [2.45, 2.75) is 0 Å². The number of aromatic nitrogens is 4. The molecular weight excluding hydrogens is 249 g/mol. The topological polar surface area (TPSA) is 83.6 Å². The molecule has 0 saturated carbocycles. The lowest BCUT2D eigenvalue weighted by Crippen LogP contribution is -2.13. The lowest BCUT2D eigenvalue weighted by molar-refractivity contribution is 0.102. The van der Waals surface area contributed by atoms with Crippen molar-refractivity contribution in [3.8, 4) is 0 Å². The van der Waals surface area contributed by atoms with Crippen molar-refractivity contribution in [2.75, 3.05) is 5.32 Å². The van der Waals surface area contributed by atoms with Gasteiger partial charge in [0, 0.05) is 5.56 Å². The minimum Gasteiger partial charge on any atom is -0.310 e. The zero-order valence-electron chi connectivity index (χ0n) is 9.59. The average molecular weight is 257 g/mol. The van der Waals surface area contributed by atoms with Crippen LogP contribution in [0.3, 0.4) is 0 Å². The molecule has 0 unspecified atom stereocenters. The van der Waals surface area contributed by atoms with Gasteiger partial charge in [-0.2, -0.15) is 9.37 Å². The van der Waals surface area contributed by atoms with E-state index in [2.05, 4.69) is 25.3 Å². The second-order valence-corrected chi connectivity index (χ2v) is 3.77. The lowest BCUT2D eigenvalue weighted by Gasteiger charge is -2.04. The fraction of sp³-hybridized carbons (Fsp3) is 0. The first-order valence-corrected chi connectivity index (χ1v) is 5.46. The summed E-state index contributed by atoms with van der Waals surface area (Å²) in [6.07, 6.45) is 0.439. The number of fused-ring (bicyclic) bond motifs is 1. The number of nitrogens with zero attached hydrogens (tertiary/aromatic N) is 3. The van der Waals surface area contributed by atoms with Gasteiger partial charge < -0.3 is 10.3 Å². The summed E-state index contributed by atoms with van der Waals surface area (Å²) >= 11 is 0. The van der Waals surface area contributed by atoms with E-state index in [1.165, 1.54) is 6.33 Å². The second kappa shape index (κ2) is 4.45. The van der Waals surface area contributed by atoms with Crippen molar-refractivity contribution in [3.05, 3.63) is 48.3 Å². The molecule has 7 heteroatoms. The van der Waals surface area contributed by atoms with Crippen LogP contribution in [0.5, 0.6) is 0 Å². The zero-order chi connectivity index (χ0) is 13.2. The van der Waals surface area contributed by atoms with Gasteiger partial charge in [-0.3, -0.25) is 4.79 Å². The van der Waals surface area contributed by atoms with E-state index in [0.717, 1.165) is 0 Å². The van der Waals surface area contributed by atoms with E-state index >= 15 is 0 Å². The summed E-state index contributed by atoms with van der Waals surface area (Å²) < 4.78 is 13.0. The fourth-order valence-electron chi connectivity index (χ4n) is 1.66. The first-order valence-electron chi connectivity index (χ1n) is 5.46. The Kier molecular flexibility index (Phi) is 2.64. The van der Waals surface area contributed by atoms with Gasteiger partial charge in [-0.15, -0.1) is 0 Å². The van der Waals surface area contributed by atoms with Gasteiger partial charge in [-0.25, -0.2) is 9.97 Å². The largest absolute Gasteiger partial charge is 0.310 e. The summed E-state index contributed by atoms with van der Waals surface area (Å²) in [7, 11) is 0. The maximum atomic E-state index is 13.0. The molecule has 0 spiro atoms. The smallest absolute Gasteiger partial charge is 0.289 e. The van der Waals surface area contributed by atoms with E-state index in [0.29, 0.717) is 5.56 Å². The number of H-pyrrole nitrogens is 1. The van der Waals surface area contributed by atoms with Gasteiger partial charge in [0.1, 0.15) is 11.8 Å². The average Bonchev–Trinajstić information content (AvgIpc) is 2.81. The first kappa shape index (κ1) is 11.3. The molecule has 2 aromatic heterocycles. The molecule has 0 saturated heterocycles. The number of amides is 1. The van der Waals surface area contributed by atoms with E-state index in [9.17, 15) is 9.18 Å². The highest BCUT2D eigenvalue weighted by Crippen LogP contribution is 2.16. The molecule has 0 aliphatic rings. The molecule has 2 N–H and O–H groups in total. The molecule has 1 amide bonds. The number of carbonyl (C=O) groups excluding carboxylic acids is 1. The molecule has 1 aromatic carbocycles. The third kappa shape index (κ3) is 2.13. The molecule has 0 aliphatic heterocycles. The highest BCUT2D eigenvalue weighted by molar-refractivity contribution is 6.06. The van der Waals surface area contributed by atoms with Gasteiger partial charge in [0.25, 0.3) is 12.0 Å². The molecule has 3 rings (SSSR count). The molecule has 0 radical (unpaired) electrons. The van der Waals surface area contributed by atoms with Crippen LogP contribution in [0.15, 0.2) is 36.7 Å². The van der Waals surface area contributed by atoms with Gasteiger partial charge in [0.2, 0.25) is 0 Å². The van der Waals surface area contributed by atoms with Crippen LogP contribution in [-0.4, -0.2) is 25.8 Å². The standard InChI is InChI=1S/C12H8FN5O/c13-12-16-8-9(14-6-15-10(8)18-12)17-11(19)7-4-2-1-3-5-7/h1-6H,(H2,14,15,16,17,18,19). The van der Waals surface area contributed by atoms with E-state index < -0.39 is 6.08 Å². The van der Waals surface area contributed by atoms with Gasteiger partial charge in [0.05, 0.1) is 0 Å². The van der Waals surface area contributed by atoms with Gasteiger partial charge in [-0.1, -0.05) is 18.2 Å². The van der Waals surface area contributed by atoms with Crippen LogP contribution in [0.4, 0.5) is 10.2 Å². The molecule has 19 heavy (non-hydrogen) atoms. The summed E-state index contributed by atoms with van der Waals surface area (Å²) in [6, 6.07) is 8.65. The van der Waals surface area contributed by atoms with Crippen molar-refractivity contribution in [3.63, 3.8) is 0 Å². The van der Waals surface area contributed by atoms with Crippen LogP contribution in [-0.2, 0) is 0 Å². The number of rotatable bonds is 2. The number of benzene rings is 1. The number of imidazole rings is 1. The maximum absolute atomic E-state index is 13.0. The summed E-state index contributed by atoms with van der Waals surface area (Å²) in [5.74, 6) is -0.147. The third-order valence-corrected chi connectivity index (χ3v) is 2.53. The summed E-state index contributed by atoms with van der Waals surface area (Å²) in [4.78, 5) is 25.6. The van der Waals surface area contributed by atoms with Crippen molar-refractivity contribution >= 4 is 22.9 Å². The number of carbonyl (C=O) groups is 1. The lowest BCUT2D eigenvalue weighted by atomic mass is 10.2. The molecule has 0 atom stereocenters. The van der Waals surface area contributed by atoms with Crippen molar-refractivity contribution in [1.29, 1.82) is 0 Å². The molecule has 0 bridgehead atoms. The van der Waals surface area contributed by atoms with Crippen LogP contribution in [0.2, 0.25) is 0 Å². The number of aromatic amines is 1. The summed E-state index contributed by atoms with van der Waals surface area (Å²) in [6.45, 7) is 0. The number of hydrogen-bond donors (Lipinski definition) is 2. The monoisotopic (exact) mass is 257 g/mol. The Labute approximate surface area is 106 Å². The predicted molar refractivity (Wildman–Crippen MR) is 66.0 cm³/mol. The Morgan fingerprint density at radius 1 is 1.21 bits per heavy atom. The number of anilines is 1. The Bertz CT molecular complexity index is 740. The summed E-state index contributed by atoms with van der Waals surface area (Å²) in [5.41, 5.74) is 0.898. The molecule has 6 nitrogen and oxygen atoms in total. The maximum Gasteiger partial charge on any atom is 0.289 e. The Balaban J connectivity index is 1.95. The van der Waals surface area contributed by atoms with E-state index in [1.807, 2.05) is 6.07 Å². The first-order chi connectivity index (χ1) is 9.24. The predicted octanol–water partition coefficient (Wildman–Crippen LogP) is 1.74. The SMILES string of the molecule is O=C(Nc1ncnc2nc(F)[nH]c12)c1ccccc1. The van der Waals surface area contributed by atoms with Gasteiger partial charge in [0.15, 0.2) is 11.5 Å². The number of hydrogen-bond acceptors (Lipinski definition) is 4. The van der Waals surface area contributed by atoms with Crippen LogP contribution in [0.1, 0.15) is 10.4 Å². The quantitative estimate of drug-likeness (QED) is 0.685. The highest BCUT2D eigenvalue weighted by atomic mass is 19.1. The summed E-state index contributed by atoms with van der Waals surface area (Å²) in [5, 5.41) is 2.59. The molecule has 94 valence electrons. The zero-order valence-corrected chi connectivity index (χ0v) is 9.59. The Hall–Kier alpha value is -2.83. The van der Waals surface area contributed by atoms with Crippen molar-refractivity contribution in [1.82, 2.24) is 19.9 Å². The number of halogens is 1. The third-order valence-electron chi connectivity index (χ3n) is 2.53. The van der Waals surface area contributed by atoms with Crippen LogP contribution < -0.4 is 5.32 Å². The van der Waals surface area contributed by atoms with Crippen LogP contribution in [0.25, 0.3) is 11.2 Å². The van der Waals surface area contributed by atoms with E-state index in [4.69, 9.17) is 0 Å². The molecule has 0 fully saturated rings. The minimum atomic E-state index is -0.772. The molecule has 0 aliphatic carbocycles. The van der Waals surface area contributed by atoms with Crippen molar-refractivity contribution < 1.29 is 9.18 Å². The van der Waals surface area contributed by atoms with Gasteiger partial charge >= 0.3 is 0 Å². The van der Waals surface area contributed by atoms with Crippen LogP contribution in [0, 0.1) is 6.08 Å². The Morgan fingerprint density at radius 2 is 2.00 bits per heavy atom. The molecule has 3 aromatic rings. The van der Waals surface area contributed by atoms with E-state index in [1.54, 1.807) is 24.3 Å².